The summed E-state index contributed by atoms with van der Waals surface area (Å²) in [7, 11) is 0. The van der Waals surface area contributed by atoms with Crippen LogP contribution in [0.5, 0.6) is 0 Å². The third-order valence-corrected chi connectivity index (χ3v) is 2.75. The predicted molar refractivity (Wildman–Crippen MR) is 59.2 cm³/mol. The second-order valence-electron chi connectivity index (χ2n) is 2.88. The van der Waals surface area contributed by atoms with Crippen molar-refractivity contribution >= 4 is 27.5 Å². The van der Waals surface area contributed by atoms with Crippen molar-refractivity contribution in [2.24, 2.45) is 0 Å². The van der Waals surface area contributed by atoms with Gasteiger partial charge in [0.05, 0.1) is 12.1 Å². The topological polar surface area (TPSA) is 26.0 Å². The van der Waals surface area contributed by atoms with E-state index in [4.69, 9.17) is 16.0 Å². The van der Waals surface area contributed by atoms with E-state index in [0.29, 0.717) is 16.1 Å². The minimum atomic E-state index is -0.303. The molecule has 0 spiro atoms. The van der Waals surface area contributed by atoms with Crippen molar-refractivity contribution in [2.45, 2.75) is 5.88 Å². The Morgan fingerprint density at radius 2 is 2.27 bits per heavy atom. The fourth-order valence-electron chi connectivity index (χ4n) is 1.19. The van der Waals surface area contributed by atoms with E-state index in [1.165, 1.54) is 12.1 Å². The van der Waals surface area contributed by atoms with Crippen LogP contribution in [0.15, 0.2) is 33.3 Å². The molecule has 0 unspecified atom stereocenters. The molecule has 0 amide bonds. The van der Waals surface area contributed by atoms with E-state index in [9.17, 15) is 4.39 Å². The molecule has 0 aliphatic rings. The fraction of sp³-hybridized carbons (Fsp3) is 0.100. The van der Waals surface area contributed by atoms with Crippen LogP contribution in [0.2, 0.25) is 0 Å². The average Bonchev–Trinajstić information content (AvgIpc) is 2.66. The molecular weight excluding hydrogens is 284 g/mol. The zero-order valence-electron chi connectivity index (χ0n) is 7.51. The highest BCUT2D eigenvalue weighted by atomic mass is 79.9. The Morgan fingerprint density at radius 3 is 2.87 bits per heavy atom. The van der Waals surface area contributed by atoms with Gasteiger partial charge < -0.3 is 4.42 Å². The lowest BCUT2D eigenvalue weighted by Gasteiger charge is -1.99. The van der Waals surface area contributed by atoms with E-state index in [1.54, 1.807) is 12.3 Å². The summed E-state index contributed by atoms with van der Waals surface area (Å²) >= 11 is 8.82. The van der Waals surface area contributed by atoms with Gasteiger partial charge in [0.1, 0.15) is 5.82 Å². The van der Waals surface area contributed by atoms with Crippen LogP contribution < -0.4 is 0 Å². The first-order valence-electron chi connectivity index (χ1n) is 4.17. The van der Waals surface area contributed by atoms with Gasteiger partial charge in [-0.1, -0.05) is 0 Å². The number of hydrogen-bond donors (Lipinski definition) is 0. The molecular formula is C10H6BrClFNO. The number of alkyl halides is 1. The number of benzene rings is 1. The molecule has 78 valence electrons. The third kappa shape index (κ3) is 2.21. The van der Waals surface area contributed by atoms with E-state index in [1.807, 2.05) is 0 Å². The molecule has 15 heavy (non-hydrogen) atoms. The minimum Gasteiger partial charge on any atom is -0.439 e. The number of hydrogen-bond acceptors (Lipinski definition) is 2. The molecule has 1 aromatic carbocycles. The summed E-state index contributed by atoms with van der Waals surface area (Å²) in [4.78, 5) is 3.96. The number of halogens is 3. The maximum Gasteiger partial charge on any atom is 0.209 e. The van der Waals surface area contributed by atoms with Gasteiger partial charge in [-0.05, 0) is 34.1 Å². The standard InChI is InChI=1S/C10H6BrClFNO/c11-8-3-6(13)1-2-7(8)9-5-14-10(4-12)15-9/h1-3,5H,4H2. The summed E-state index contributed by atoms with van der Waals surface area (Å²) in [6, 6.07) is 4.36. The van der Waals surface area contributed by atoms with Crippen LogP contribution in [-0.2, 0) is 5.88 Å². The molecule has 5 heteroatoms. The largest absolute Gasteiger partial charge is 0.439 e. The van der Waals surface area contributed by atoms with E-state index in [0.717, 1.165) is 5.56 Å². The lowest BCUT2D eigenvalue weighted by atomic mass is 10.2. The summed E-state index contributed by atoms with van der Waals surface area (Å²) in [6.07, 6.45) is 1.57. The van der Waals surface area contributed by atoms with Gasteiger partial charge in [-0.2, -0.15) is 0 Å². The quantitative estimate of drug-likeness (QED) is 0.782. The van der Waals surface area contributed by atoms with Crippen molar-refractivity contribution in [1.29, 1.82) is 0 Å². The van der Waals surface area contributed by atoms with Crippen LogP contribution in [0.1, 0.15) is 5.89 Å². The lowest BCUT2D eigenvalue weighted by molar-refractivity contribution is 0.528. The molecule has 0 saturated heterocycles. The van der Waals surface area contributed by atoms with Crippen molar-refractivity contribution < 1.29 is 8.81 Å². The van der Waals surface area contributed by atoms with Gasteiger partial charge in [0.25, 0.3) is 0 Å². The summed E-state index contributed by atoms with van der Waals surface area (Å²) in [5, 5.41) is 0. The Kier molecular flexibility index (Phi) is 3.07. The lowest BCUT2D eigenvalue weighted by Crippen LogP contribution is -1.79. The molecule has 0 fully saturated rings. The van der Waals surface area contributed by atoms with Crippen molar-refractivity contribution in [1.82, 2.24) is 4.98 Å². The number of rotatable bonds is 2. The Hall–Kier alpha value is -0.870. The van der Waals surface area contributed by atoms with Crippen LogP contribution >= 0.6 is 27.5 Å². The van der Waals surface area contributed by atoms with E-state index < -0.39 is 0 Å². The molecule has 0 saturated carbocycles. The zero-order valence-corrected chi connectivity index (χ0v) is 9.85. The van der Waals surface area contributed by atoms with Gasteiger partial charge in [0, 0.05) is 10.0 Å². The highest BCUT2D eigenvalue weighted by Crippen LogP contribution is 2.29. The van der Waals surface area contributed by atoms with Crippen LogP contribution in [0.25, 0.3) is 11.3 Å². The Morgan fingerprint density at radius 1 is 1.47 bits per heavy atom. The van der Waals surface area contributed by atoms with E-state index in [2.05, 4.69) is 20.9 Å². The molecule has 0 radical (unpaired) electrons. The SMILES string of the molecule is Fc1ccc(-c2cnc(CCl)o2)c(Br)c1. The van der Waals surface area contributed by atoms with Crippen LogP contribution in [0.4, 0.5) is 4.39 Å². The summed E-state index contributed by atoms with van der Waals surface area (Å²) in [5.74, 6) is 0.932. The van der Waals surface area contributed by atoms with Gasteiger partial charge in [-0.15, -0.1) is 11.6 Å². The Balaban J connectivity index is 2.44. The fourth-order valence-corrected chi connectivity index (χ4v) is 1.86. The summed E-state index contributed by atoms with van der Waals surface area (Å²) in [5.41, 5.74) is 0.750. The van der Waals surface area contributed by atoms with Gasteiger partial charge >= 0.3 is 0 Å². The average molecular weight is 291 g/mol. The first kappa shape index (κ1) is 10.6. The predicted octanol–water partition coefficient (Wildman–Crippen LogP) is 3.98. The molecule has 2 rings (SSSR count). The number of aromatic nitrogens is 1. The minimum absolute atomic E-state index is 0.221. The summed E-state index contributed by atoms with van der Waals surface area (Å²) in [6.45, 7) is 0. The molecule has 1 aromatic heterocycles. The van der Waals surface area contributed by atoms with Gasteiger partial charge in [0.2, 0.25) is 5.89 Å². The van der Waals surface area contributed by atoms with Gasteiger partial charge in [-0.25, -0.2) is 9.37 Å². The Labute approximate surface area is 99.2 Å². The smallest absolute Gasteiger partial charge is 0.209 e. The monoisotopic (exact) mass is 289 g/mol. The molecule has 2 nitrogen and oxygen atoms in total. The molecule has 1 heterocycles. The van der Waals surface area contributed by atoms with Crippen molar-refractivity contribution in [3.63, 3.8) is 0 Å². The maximum atomic E-state index is 12.8. The zero-order chi connectivity index (χ0) is 10.8. The second kappa shape index (κ2) is 4.33. The van der Waals surface area contributed by atoms with Gasteiger partial charge in [0.15, 0.2) is 5.76 Å². The number of nitrogens with zero attached hydrogens (tertiary/aromatic N) is 1. The second-order valence-corrected chi connectivity index (χ2v) is 4.00. The molecule has 2 aromatic rings. The van der Waals surface area contributed by atoms with Crippen molar-refractivity contribution in [3.05, 3.63) is 40.6 Å². The molecule has 0 N–H and O–H groups in total. The van der Waals surface area contributed by atoms with Gasteiger partial charge in [-0.3, -0.25) is 0 Å². The van der Waals surface area contributed by atoms with E-state index >= 15 is 0 Å². The summed E-state index contributed by atoms with van der Waals surface area (Å²) < 4.78 is 18.8. The van der Waals surface area contributed by atoms with Crippen LogP contribution in [0, 0.1) is 5.82 Å². The molecule has 0 aliphatic heterocycles. The third-order valence-electron chi connectivity index (χ3n) is 1.86. The normalized spacial score (nSPS) is 10.6. The molecule has 0 bridgehead atoms. The van der Waals surface area contributed by atoms with Crippen molar-refractivity contribution in [2.75, 3.05) is 0 Å². The first-order valence-corrected chi connectivity index (χ1v) is 5.49. The first-order chi connectivity index (χ1) is 7.20. The highest BCUT2D eigenvalue weighted by Gasteiger charge is 2.09. The van der Waals surface area contributed by atoms with Crippen LogP contribution in [-0.4, -0.2) is 4.98 Å². The Bertz CT molecular complexity index is 486. The van der Waals surface area contributed by atoms with Crippen molar-refractivity contribution in [3.8, 4) is 11.3 Å². The molecule has 0 aliphatic carbocycles. The number of oxazole rings is 1. The highest BCUT2D eigenvalue weighted by molar-refractivity contribution is 9.10. The van der Waals surface area contributed by atoms with Crippen LogP contribution in [0.3, 0.4) is 0 Å². The van der Waals surface area contributed by atoms with E-state index in [-0.39, 0.29) is 11.7 Å². The molecule has 0 atom stereocenters. The maximum absolute atomic E-state index is 12.8.